The Kier molecular flexibility index (Phi) is 5.12. The standard InChI is InChI=1S/C15H21N3O2/c1-12-6-5-7-14-17-13(11-18(12)14)10-16-15(19)8-3-4-9-20-2/h5-7,11H,3-4,8-10H2,1-2H3,(H,16,19). The van der Waals surface area contributed by atoms with Gasteiger partial charge in [0.25, 0.3) is 0 Å². The first-order chi connectivity index (χ1) is 9.70. The van der Waals surface area contributed by atoms with Gasteiger partial charge in [0.15, 0.2) is 0 Å². The molecule has 0 fully saturated rings. The highest BCUT2D eigenvalue weighted by Gasteiger charge is 2.05. The van der Waals surface area contributed by atoms with Crippen molar-refractivity contribution in [3.63, 3.8) is 0 Å². The van der Waals surface area contributed by atoms with Crippen molar-refractivity contribution in [1.82, 2.24) is 14.7 Å². The van der Waals surface area contributed by atoms with Gasteiger partial charge in [0.1, 0.15) is 5.65 Å². The van der Waals surface area contributed by atoms with Crippen LogP contribution in [0.4, 0.5) is 0 Å². The lowest BCUT2D eigenvalue weighted by Gasteiger charge is -2.02. The number of amides is 1. The molecule has 0 aliphatic heterocycles. The zero-order valence-electron chi connectivity index (χ0n) is 12.1. The lowest BCUT2D eigenvalue weighted by atomic mass is 10.2. The Balaban J connectivity index is 1.83. The third-order valence-electron chi connectivity index (χ3n) is 3.21. The van der Waals surface area contributed by atoms with Crippen molar-refractivity contribution in [2.75, 3.05) is 13.7 Å². The first-order valence-electron chi connectivity index (χ1n) is 6.90. The minimum absolute atomic E-state index is 0.0647. The van der Waals surface area contributed by atoms with Gasteiger partial charge < -0.3 is 14.5 Å². The summed E-state index contributed by atoms with van der Waals surface area (Å²) in [4.78, 5) is 16.2. The van der Waals surface area contributed by atoms with Crippen LogP contribution in [0.3, 0.4) is 0 Å². The van der Waals surface area contributed by atoms with Gasteiger partial charge in [0.2, 0.25) is 5.91 Å². The van der Waals surface area contributed by atoms with Gasteiger partial charge in [-0.25, -0.2) is 4.98 Å². The number of hydrogen-bond donors (Lipinski definition) is 1. The first-order valence-corrected chi connectivity index (χ1v) is 6.90. The average Bonchev–Trinajstić information content (AvgIpc) is 2.86. The molecule has 0 radical (unpaired) electrons. The van der Waals surface area contributed by atoms with E-state index in [0.29, 0.717) is 19.6 Å². The highest BCUT2D eigenvalue weighted by atomic mass is 16.5. The second kappa shape index (κ2) is 7.05. The number of hydrogen-bond acceptors (Lipinski definition) is 3. The number of nitrogens with one attached hydrogen (secondary N) is 1. The number of unbranched alkanes of at least 4 members (excludes halogenated alkanes) is 1. The predicted molar refractivity (Wildman–Crippen MR) is 77.5 cm³/mol. The van der Waals surface area contributed by atoms with E-state index in [2.05, 4.69) is 10.3 Å². The van der Waals surface area contributed by atoms with Gasteiger partial charge in [-0.2, -0.15) is 0 Å². The Morgan fingerprint density at radius 3 is 3.00 bits per heavy atom. The summed E-state index contributed by atoms with van der Waals surface area (Å²) in [6, 6.07) is 5.98. The largest absolute Gasteiger partial charge is 0.385 e. The third kappa shape index (κ3) is 3.81. The summed E-state index contributed by atoms with van der Waals surface area (Å²) in [5.74, 6) is 0.0647. The van der Waals surface area contributed by atoms with Crippen LogP contribution in [-0.2, 0) is 16.1 Å². The van der Waals surface area contributed by atoms with Gasteiger partial charge in [-0.15, -0.1) is 0 Å². The molecule has 2 heterocycles. The molecule has 0 spiro atoms. The molecule has 0 aliphatic rings. The topological polar surface area (TPSA) is 55.6 Å². The number of carbonyl (C=O) groups is 1. The average molecular weight is 275 g/mol. The number of aromatic nitrogens is 2. The highest BCUT2D eigenvalue weighted by Crippen LogP contribution is 2.08. The zero-order valence-corrected chi connectivity index (χ0v) is 12.1. The van der Waals surface area contributed by atoms with E-state index in [9.17, 15) is 4.79 Å². The monoisotopic (exact) mass is 275 g/mol. The Morgan fingerprint density at radius 2 is 2.25 bits per heavy atom. The molecule has 2 aromatic rings. The van der Waals surface area contributed by atoms with Crippen molar-refractivity contribution in [1.29, 1.82) is 0 Å². The summed E-state index contributed by atoms with van der Waals surface area (Å²) in [6.45, 7) is 3.22. The molecule has 5 nitrogen and oxygen atoms in total. The SMILES string of the molecule is COCCCCC(=O)NCc1cn2c(C)cccc2n1. The molecule has 2 rings (SSSR count). The molecule has 108 valence electrons. The molecule has 1 amide bonds. The van der Waals surface area contributed by atoms with Crippen LogP contribution in [0.15, 0.2) is 24.4 Å². The molecule has 2 aromatic heterocycles. The number of carbonyl (C=O) groups excluding carboxylic acids is 1. The van der Waals surface area contributed by atoms with E-state index in [1.807, 2.05) is 35.7 Å². The van der Waals surface area contributed by atoms with Crippen LogP contribution in [0.2, 0.25) is 0 Å². The van der Waals surface area contributed by atoms with Crippen LogP contribution < -0.4 is 5.32 Å². The Morgan fingerprint density at radius 1 is 1.40 bits per heavy atom. The van der Waals surface area contributed by atoms with E-state index >= 15 is 0 Å². The van der Waals surface area contributed by atoms with Gasteiger partial charge in [-0.1, -0.05) is 6.07 Å². The van der Waals surface area contributed by atoms with Crippen molar-refractivity contribution < 1.29 is 9.53 Å². The number of aryl methyl sites for hydroxylation is 1. The quantitative estimate of drug-likeness (QED) is 0.787. The first kappa shape index (κ1) is 14.5. The summed E-state index contributed by atoms with van der Waals surface area (Å²) in [5.41, 5.74) is 2.92. The van der Waals surface area contributed by atoms with Gasteiger partial charge in [0.05, 0.1) is 12.2 Å². The predicted octanol–water partition coefficient (Wildman–Crippen LogP) is 2.08. The third-order valence-corrected chi connectivity index (χ3v) is 3.21. The normalized spacial score (nSPS) is 10.9. The van der Waals surface area contributed by atoms with E-state index in [4.69, 9.17) is 4.74 Å². The molecule has 0 saturated carbocycles. The summed E-state index contributed by atoms with van der Waals surface area (Å²) in [6.07, 6.45) is 4.27. The number of methoxy groups -OCH3 is 1. The summed E-state index contributed by atoms with van der Waals surface area (Å²) >= 11 is 0. The van der Waals surface area contributed by atoms with Gasteiger partial charge >= 0.3 is 0 Å². The fourth-order valence-electron chi connectivity index (χ4n) is 2.09. The fraction of sp³-hybridized carbons (Fsp3) is 0.467. The summed E-state index contributed by atoms with van der Waals surface area (Å²) in [5, 5.41) is 2.90. The smallest absolute Gasteiger partial charge is 0.220 e. The highest BCUT2D eigenvalue weighted by molar-refractivity contribution is 5.75. The number of ether oxygens (including phenoxy) is 1. The number of fused-ring (bicyclic) bond motifs is 1. The lowest BCUT2D eigenvalue weighted by Crippen LogP contribution is -2.22. The number of rotatable bonds is 7. The zero-order chi connectivity index (χ0) is 14.4. The molecule has 5 heteroatoms. The lowest BCUT2D eigenvalue weighted by molar-refractivity contribution is -0.121. The molecule has 0 aromatic carbocycles. The van der Waals surface area contributed by atoms with Crippen LogP contribution in [0.25, 0.3) is 5.65 Å². The van der Waals surface area contributed by atoms with E-state index in [-0.39, 0.29) is 5.91 Å². The molecule has 0 unspecified atom stereocenters. The van der Waals surface area contributed by atoms with E-state index < -0.39 is 0 Å². The molecular formula is C15H21N3O2. The van der Waals surface area contributed by atoms with Crippen molar-refractivity contribution in [3.05, 3.63) is 35.8 Å². The minimum Gasteiger partial charge on any atom is -0.385 e. The van der Waals surface area contributed by atoms with Crippen LogP contribution in [0.5, 0.6) is 0 Å². The van der Waals surface area contributed by atoms with Gasteiger partial charge in [-0.3, -0.25) is 4.79 Å². The minimum atomic E-state index is 0.0647. The van der Waals surface area contributed by atoms with Crippen molar-refractivity contribution in [3.8, 4) is 0 Å². The second-order valence-corrected chi connectivity index (χ2v) is 4.85. The fourth-order valence-corrected chi connectivity index (χ4v) is 2.09. The van der Waals surface area contributed by atoms with E-state index in [0.717, 1.165) is 29.9 Å². The van der Waals surface area contributed by atoms with Crippen molar-refractivity contribution in [2.45, 2.75) is 32.7 Å². The van der Waals surface area contributed by atoms with Gasteiger partial charge in [0, 0.05) is 32.0 Å². The van der Waals surface area contributed by atoms with Crippen LogP contribution in [-0.4, -0.2) is 29.0 Å². The molecule has 0 atom stereocenters. The number of pyridine rings is 1. The maximum absolute atomic E-state index is 11.7. The van der Waals surface area contributed by atoms with Crippen LogP contribution in [0, 0.1) is 6.92 Å². The van der Waals surface area contributed by atoms with E-state index in [1.165, 1.54) is 0 Å². The van der Waals surface area contributed by atoms with Crippen molar-refractivity contribution in [2.24, 2.45) is 0 Å². The van der Waals surface area contributed by atoms with E-state index in [1.54, 1.807) is 7.11 Å². The number of nitrogens with zero attached hydrogens (tertiary/aromatic N) is 2. The maximum atomic E-state index is 11.7. The molecule has 0 saturated heterocycles. The Hall–Kier alpha value is -1.88. The second-order valence-electron chi connectivity index (χ2n) is 4.85. The van der Waals surface area contributed by atoms with Gasteiger partial charge in [-0.05, 0) is 31.9 Å². The molecular weight excluding hydrogens is 254 g/mol. The van der Waals surface area contributed by atoms with Crippen molar-refractivity contribution >= 4 is 11.6 Å². The maximum Gasteiger partial charge on any atom is 0.220 e. The summed E-state index contributed by atoms with van der Waals surface area (Å²) < 4.78 is 6.98. The molecule has 1 N–H and O–H groups in total. The van der Waals surface area contributed by atoms with Crippen LogP contribution >= 0.6 is 0 Å². The molecule has 20 heavy (non-hydrogen) atoms. The summed E-state index contributed by atoms with van der Waals surface area (Å²) in [7, 11) is 1.67. The Bertz CT molecular complexity index is 578. The van der Waals surface area contributed by atoms with Crippen LogP contribution in [0.1, 0.15) is 30.7 Å². The molecule has 0 bridgehead atoms. The Labute approximate surface area is 119 Å². The molecule has 0 aliphatic carbocycles. The number of imidazole rings is 1.